The highest BCUT2D eigenvalue weighted by molar-refractivity contribution is 6.30. The highest BCUT2D eigenvalue weighted by Crippen LogP contribution is 2.24. The van der Waals surface area contributed by atoms with Gasteiger partial charge in [0, 0.05) is 36.4 Å². The summed E-state index contributed by atoms with van der Waals surface area (Å²) in [6.07, 6.45) is 0. The SMILES string of the molecule is CC1CN(c2cccc(Cl)c2)C(CN)CN1C. The van der Waals surface area contributed by atoms with Crippen LogP contribution >= 0.6 is 11.6 Å². The van der Waals surface area contributed by atoms with E-state index in [0.717, 1.165) is 18.1 Å². The maximum absolute atomic E-state index is 6.05. The van der Waals surface area contributed by atoms with E-state index < -0.39 is 0 Å². The van der Waals surface area contributed by atoms with Gasteiger partial charge < -0.3 is 10.6 Å². The standard InChI is InChI=1S/C13H20ClN3/c1-10-8-17(13(7-15)9-16(10)2)12-5-3-4-11(14)6-12/h3-6,10,13H,7-9,15H2,1-2H3. The molecule has 1 saturated heterocycles. The van der Waals surface area contributed by atoms with E-state index >= 15 is 0 Å². The third-order valence-corrected chi connectivity index (χ3v) is 3.80. The van der Waals surface area contributed by atoms with Crippen molar-refractivity contribution in [3.8, 4) is 0 Å². The van der Waals surface area contributed by atoms with Gasteiger partial charge in [-0.2, -0.15) is 0 Å². The lowest BCUT2D eigenvalue weighted by Gasteiger charge is -2.44. The van der Waals surface area contributed by atoms with E-state index in [-0.39, 0.29) is 0 Å². The van der Waals surface area contributed by atoms with Crippen LogP contribution in [-0.4, -0.2) is 43.7 Å². The molecule has 2 N–H and O–H groups in total. The molecule has 1 aromatic carbocycles. The smallest absolute Gasteiger partial charge is 0.0540 e. The van der Waals surface area contributed by atoms with Crippen LogP contribution in [0.4, 0.5) is 5.69 Å². The molecule has 1 fully saturated rings. The number of anilines is 1. The van der Waals surface area contributed by atoms with E-state index in [0.29, 0.717) is 18.6 Å². The van der Waals surface area contributed by atoms with Crippen LogP contribution in [0.15, 0.2) is 24.3 Å². The number of benzene rings is 1. The van der Waals surface area contributed by atoms with Gasteiger partial charge in [0.05, 0.1) is 6.04 Å². The Hall–Kier alpha value is -0.770. The Kier molecular flexibility index (Phi) is 3.92. The minimum atomic E-state index is 0.370. The lowest BCUT2D eigenvalue weighted by molar-refractivity contribution is 0.202. The van der Waals surface area contributed by atoms with Crippen molar-refractivity contribution in [2.75, 3.05) is 31.6 Å². The molecule has 3 nitrogen and oxygen atoms in total. The Labute approximate surface area is 108 Å². The fourth-order valence-corrected chi connectivity index (χ4v) is 2.54. The van der Waals surface area contributed by atoms with E-state index in [4.69, 9.17) is 17.3 Å². The second kappa shape index (κ2) is 5.25. The van der Waals surface area contributed by atoms with Gasteiger partial charge >= 0.3 is 0 Å². The second-order valence-corrected chi connectivity index (χ2v) is 5.25. The van der Waals surface area contributed by atoms with E-state index in [1.165, 1.54) is 5.69 Å². The van der Waals surface area contributed by atoms with Crippen LogP contribution in [0, 0.1) is 0 Å². The van der Waals surface area contributed by atoms with E-state index in [9.17, 15) is 0 Å². The summed E-state index contributed by atoms with van der Waals surface area (Å²) in [4.78, 5) is 4.73. The van der Waals surface area contributed by atoms with Crippen molar-refractivity contribution in [1.29, 1.82) is 0 Å². The molecular weight excluding hydrogens is 234 g/mol. The monoisotopic (exact) mass is 253 g/mol. The fraction of sp³-hybridized carbons (Fsp3) is 0.538. The molecule has 1 aliphatic heterocycles. The minimum Gasteiger partial charge on any atom is -0.364 e. The summed E-state index contributed by atoms with van der Waals surface area (Å²) in [5.74, 6) is 0. The van der Waals surface area contributed by atoms with Gasteiger partial charge in [-0.1, -0.05) is 17.7 Å². The largest absolute Gasteiger partial charge is 0.364 e. The molecule has 0 aliphatic carbocycles. The highest BCUT2D eigenvalue weighted by Gasteiger charge is 2.28. The van der Waals surface area contributed by atoms with E-state index in [1.54, 1.807) is 0 Å². The van der Waals surface area contributed by atoms with Crippen LogP contribution < -0.4 is 10.6 Å². The maximum Gasteiger partial charge on any atom is 0.0540 e. The molecule has 17 heavy (non-hydrogen) atoms. The van der Waals surface area contributed by atoms with Crippen molar-refractivity contribution < 1.29 is 0 Å². The highest BCUT2D eigenvalue weighted by atomic mass is 35.5. The predicted molar refractivity (Wildman–Crippen MR) is 73.7 cm³/mol. The molecule has 0 radical (unpaired) electrons. The van der Waals surface area contributed by atoms with Crippen molar-refractivity contribution >= 4 is 17.3 Å². The molecule has 2 atom stereocenters. The molecule has 0 amide bonds. The topological polar surface area (TPSA) is 32.5 Å². The average molecular weight is 254 g/mol. The zero-order valence-corrected chi connectivity index (χ0v) is 11.2. The van der Waals surface area contributed by atoms with Crippen LogP contribution in [0.1, 0.15) is 6.92 Å². The Morgan fingerprint density at radius 2 is 2.18 bits per heavy atom. The molecule has 1 aromatic rings. The fourth-order valence-electron chi connectivity index (χ4n) is 2.36. The van der Waals surface area contributed by atoms with Gasteiger partial charge in [-0.05, 0) is 32.2 Å². The zero-order chi connectivity index (χ0) is 12.4. The molecule has 0 spiro atoms. The number of likely N-dealkylation sites (N-methyl/N-ethyl adjacent to an activating group) is 1. The zero-order valence-electron chi connectivity index (χ0n) is 10.4. The first kappa shape index (κ1) is 12.7. The first-order valence-electron chi connectivity index (χ1n) is 6.04. The molecule has 94 valence electrons. The third kappa shape index (κ3) is 2.73. The quantitative estimate of drug-likeness (QED) is 0.873. The summed E-state index contributed by atoms with van der Waals surface area (Å²) in [6, 6.07) is 8.93. The van der Waals surface area contributed by atoms with Gasteiger partial charge in [0.2, 0.25) is 0 Å². The van der Waals surface area contributed by atoms with Gasteiger partial charge in [0.15, 0.2) is 0 Å². The van der Waals surface area contributed by atoms with Crippen molar-refractivity contribution in [2.24, 2.45) is 5.73 Å². The number of piperazine rings is 1. The van der Waals surface area contributed by atoms with Gasteiger partial charge in [-0.3, -0.25) is 4.90 Å². The van der Waals surface area contributed by atoms with Crippen molar-refractivity contribution in [1.82, 2.24) is 4.90 Å². The van der Waals surface area contributed by atoms with Crippen LogP contribution in [0.2, 0.25) is 5.02 Å². The molecule has 1 heterocycles. The summed E-state index contributed by atoms with van der Waals surface area (Å²) in [7, 11) is 2.16. The summed E-state index contributed by atoms with van der Waals surface area (Å²) in [6.45, 7) is 4.91. The summed E-state index contributed by atoms with van der Waals surface area (Å²) >= 11 is 6.05. The maximum atomic E-state index is 6.05. The van der Waals surface area contributed by atoms with Crippen LogP contribution in [0.25, 0.3) is 0 Å². The first-order valence-corrected chi connectivity index (χ1v) is 6.42. The van der Waals surface area contributed by atoms with Crippen molar-refractivity contribution in [3.05, 3.63) is 29.3 Å². The lowest BCUT2D eigenvalue weighted by Crippen LogP contribution is -2.58. The molecular formula is C13H20ClN3. The number of hydrogen-bond acceptors (Lipinski definition) is 3. The van der Waals surface area contributed by atoms with Gasteiger partial charge in [0.25, 0.3) is 0 Å². The molecule has 0 aromatic heterocycles. The normalized spacial score (nSPS) is 26.2. The number of rotatable bonds is 2. The van der Waals surface area contributed by atoms with Gasteiger partial charge in [-0.15, -0.1) is 0 Å². The summed E-state index contributed by atoms with van der Waals surface area (Å²) in [5.41, 5.74) is 7.05. The minimum absolute atomic E-state index is 0.370. The Bertz CT molecular complexity index is 383. The second-order valence-electron chi connectivity index (χ2n) is 4.81. The van der Waals surface area contributed by atoms with Crippen LogP contribution in [0.3, 0.4) is 0 Å². The Morgan fingerprint density at radius 1 is 1.41 bits per heavy atom. The Balaban J connectivity index is 2.23. The van der Waals surface area contributed by atoms with Gasteiger partial charge in [0.1, 0.15) is 0 Å². The molecule has 4 heteroatoms. The summed E-state index contributed by atoms with van der Waals surface area (Å²) in [5, 5.41) is 0.782. The van der Waals surface area contributed by atoms with E-state index in [1.807, 2.05) is 18.2 Å². The third-order valence-electron chi connectivity index (χ3n) is 3.56. The molecule has 0 saturated carbocycles. The number of hydrogen-bond donors (Lipinski definition) is 1. The lowest BCUT2D eigenvalue weighted by atomic mass is 10.1. The van der Waals surface area contributed by atoms with Gasteiger partial charge in [-0.25, -0.2) is 0 Å². The molecule has 1 aliphatic rings. The molecule has 0 bridgehead atoms. The Morgan fingerprint density at radius 3 is 2.82 bits per heavy atom. The van der Waals surface area contributed by atoms with Crippen LogP contribution in [0.5, 0.6) is 0 Å². The predicted octanol–water partition coefficient (Wildman–Crippen LogP) is 1.81. The number of halogens is 1. The number of nitrogens with zero attached hydrogens (tertiary/aromatic N) is 2. The van der Waals surface area contributed by atoms with Crippen LogP contribution in [-0.2, 0) is 0 Å². The number of nitrogens with two attached hydrogens (primary N) is 1. The summed E-state index contributed by atoms with van der Waals surface area (Å²) < 4.78 is 0. The average Bonchev–Trinajstić information content (AvgIpc) is 2.32. The van der Waals surface area contributed by atoms with Crippen molar-refractivity contribution in [2.45, 2.75) is 19.0 Å². The molecule has 2 rings (SSSR count). The molecule has 2 unspecified atom stereocenters. The van der Waals surface area contributed by atoms with Crippen molar-refractivity contribution in [3.63, 3.8) is 0 Å². The first-order chi connectivity index (χ1) is 8.11. The van der Waals surface area contributed by atoms with E-state index in [2.05, 4.69) is 29.8 Å².